The number of carbonyl (C=O) groups is 1. The highest BCUT2D eigenvalue weighted by atomic mass is 79.9. The first-order chi connectivity index (χ1) is 17.5. The highest BCUT2D eigenvalue weighted by Crippen LogP contribution is 2.44. The van der Waals surface area contributed by atoms with Crippen molar-refractivity contribution in [2.45, 2.75) is 16.4 Å². The molecule has 5 rings (SSSR count). The lowest BCUT2D eigenvalue weighted by molar-refractivity contribution is 0.104. The van der Waals surface area contributed by atoms with E-state index in [1.54, 1.807) is 37.1 Å². The lowest BCUT2D eigenvalue weighted by Crippen LogP contribution is -2.02. The molecule has 0 atom stereocenters. The summed E-state index contributed by atoms with van der Waals surface area (Å²) in [4.78, 5) is 15.2. The van der Waals surface area contributed by atoms with Gasteiger partial charge in [-0.25, -0.2) is 0 Å². The first-order valence-electron chi connectivity index (χ1n) is 11.2. The van der Waals surface area contributed by atoms with E-state index in [1.807, 2.05) is 66.7 Å². The maximum absolute atomic E-state index is 12.9. The second kappa shape index (κ2) is 10.8. The minimum Gasteiger partial charge on any atom is -0.496 e. The quantitative estimate of drug-likeness (QED) is 0.154. The number of nitrogens with one attached hydrogen (secondary N) is 1. The van der Waals surface area contributed by atoms with Crippen LogP contribution in [0.3, 0.4) is 0 Å². The molecule has 4 aromatic rings. The van der Waals surface area contributed by atoms with Crippen molar-refractivity contribution < 1.29 is 14.3 Å². The topological polar surface area (TPSA) is 47.6 Å². The zero-order valence-electron chi connectivity index (χ0n) is 19.3. The zero-order chi connectivity index (χ0) is 25.1. The number of allylic oxidation sites excluding steroid dienone is 1. The summed E-state index contributed by atoms with van der Waals surface area (Å²) in [7, 11) is 1.62. The van der Waals surface area contributed by atoms with Crippen molar-refractivity contribution in [3.05, 3.63) is 111 Å². The highest BCUT2D eigenvalue weighted by Gasteiger charge is 2.16. The molecule has 1 N–H and O–H groups in total. The number of rotatable bonds is 7. The number of anilines is 2. The molecule has 4 nitrogen and oxygen atoms in total. The Hall–Kier alpha value is -3.19. The van der Waals surface area contributed by atoms with Crippen LogP contribution >= 0.6 is 39.3 Å². The number of carbonyl (C=O) groups excluding carboxylic acids is 1. The lowest BCUT2D eigenvalue weighted by Gasteiger charge is -2.20. The summed E-state index contributed by atoms with van der Waals surface area (Å²) in [6, 6.07) is 25.1. The van der Waals surface area contributed by atoms with Crippen LogP contribution in [0.25, 0.3) is 6.08 Å². The lowest BCUT2D eigenvalue weighted by atomic mass is 10.1. The number of halogens is 2. The Bertz CT molecular complexity index is 1490. The third kappa shape index (κ3) is 5.46. The number of ketones is 1. The summed E-state index contributed by atoms with van der Waals surface area (Å²) in [5.74, 6) is 1.21. The van der Waals surface area contributed by atoms with E-state index in [-0.39, 0.29) is 12.4 Å². The van der Waals surface area contributed by atoms with Crippen molar-refractivity contribution in [3.63, 3.8) is 0 Å². The molecule has 1 aliphatic rings. The van der Waals surface area contributed by atoms with Crippen molar-refractivity contribution in [2.24, 2.45) is 0 Å². The van der Waals surface area contributed by atoms with Crippen molar-refractivity contribution >= 4 is 62.5 Å². The predicted octanol–water partition coefficient (Wildman–Crippen LogP) is 8.79. The Kier molecular flexibility index (Phi) is 7.37. The van der Waals surface area contributed by atoms with Crippen LogP contribution in [0.15, 0.2) is 99.2 Å². The van der Waals surface area contributed by atoms with Gasteiger partial charge in [0.25, 0.3) is 0 Å². The molecule has 7 heteroatoms. The molecular formula is C29H21BrClNO3S. The van der Waals surface area contributed by atoms with Crippen molar-refractivity contribution in [1.29, 1.82) is 0 Å². The van der Waals surface area contributed by atoms with Gasteiger partial charge in [0.1, 0.15) is 18.1 Å². The second-order valence-electron chi connectivity index (χ2n) is 8.07. The molecule has 0 spiro atoms. The number of para-hydroxylation sites is 1. The summed E-state index contributed by atoms with van der Waals surface area (Å²) in [6.07, 6.45) is 3.39. The summed E-state index contributed by atoms with van der Waals surface area (Å²) < 4.78 is 12.3. The van der Waals surface area contributed by atoms with E-state index >= 15 is 0 Å². The number of ether oxygens (including phenoxy) is 2. The summed E-state index contributed by atoms with van der Waals surface area (Å²) >= 11 is 11.4. The molecule has 4 aromatic carbocycles. The van der Waals surface area contributed by atoms with E-state index in [4.69, 9.17) is 21.1 Å². The first-order valence-corrected chi connectivity index (χ1v) is 13.1. The molecule has 0 saturated heterocycles. The van der Waals surface area contributed by atoms with Crippen LogP contribution in [0.1, 0.15) is 21.5 Å². The second-order valence-corrected chi connectivity index (χ2v) is 10.5. The molecule has 0 saturated carbocycles. The van der Waals surface area contributed by atoms with Gasteiger partial charge >= 0.3 is 0 Å². The number of fused-ring (bicyclic) bond motifs is 2. The SMILES string of the molecule is COc1ccc(/C=C/C(=O)c2ccc3c(c2)Nc2ccccc2S3)cc1COc1ccc(Br)cc1Cl. The zero-order valence-corrected chi connectivity index (χ0v) is 22.4. The van der Waals surface area contributed by atoms with Crippen molar-refractivity contribution in [2.75, 3.05) is 12.4 Å². The van der Waals surface area contributed by atoms with Crippen LogP contribution in [0, 0.1) is 0 Å². The van der Waals surface area contributed by atoms with Gasteiger partial charge in [-0.3, -0.25) is 4.79 Å². The largest absolute Gasteiger partial charge is 0.496 e. The molecule has 0 unspecified atom stereocenters. The maximum atomic E-state index is 12.9. The first kappa shape index (κ1) is 24.5. The fourth-order valence-corrected chi connectivity index (χ4v) is 5.52. The monoisotopic (exact) mass is 577 g/mol. The summed E-state index contributed by atoms with van der Waals surface area (Å²) in [6.45, 7) is 0.274. The van der Waals surface area contributed by atoms with Crippen LogP contribution in [-0.4, -0.2) is 12.9 Å². The van der Waals surface area contributed by atoms with E-state index < -0.39 is 0 Å². The number of hydrogen-bond donors (Lipinski definition) is 1. The Balaban J connectivity index is 1.31. The standard InChI is InChI=1S/C29H21BrClNO3S/c1-34-26-11-7-18(14-20(26)17-35-27-12-9-21(30)16-22(27)31)6-10-25(33)19-8-13-29-24(15-19)32-23-4-2-3-5-28(23)36-29/h2-16,32H,17H2,1H3/b10-6+. The van der Waals surface area contributed by atoms with Gasteiger partial charge in [-0.15, -0.1) is 0 Å². The average molecular weight is 579 g/mol. The summed E-state index contributed by atoms with van der Waals surface area (Å²) in [5.41, 5.74) is 4.32. The van der Waals surface area contributed by atoms with Crippen LogP contribution in [0.4, 0.5) is 11.4 Å². The van der Waals surface area contributed by atoms with Crippen LogP contribution in [0.5, 0.6) is 11.5 Å². The van der Waals surface area contributed by atoms with Crippen LogP contribution in [0.2, 0.25) is 5.02 Å². The molecular weight excluding hydrogens is 558 g/mol. The van der Waals surface area contributed by atoms with Gasteiger partial charge in [0.05, 0.1) is 23.5 Å². The molecule has 180 valence electrons. The van der Waals surface area contributed by atoms with Gasteiger partial charge in [-0.05, 0) is 72.3 Å². The predicted molar refractivity (Wildman–Crippen MR) is 150 cm³/mol. The molecule has 0 amide bonds. The van der Waals surface area contributed by atoms with Crippen molar-refractivity contribution in [3.8, 4) is 11.5 Å². The Morgan fingerprint density at radius 2 is 1.78 bits per heavy atom. The highest BCUT2D eigenvalue weighted by molar-refractivity contribution is 9.10. The van der Waals surface area contributed by atoms with E-state index in [9.17, 15) is 4.79 Å². The molecule has 1 heterocycles. The van der Waals surface area contributed by atoms with E-state index in [0.717, 1.165) is 31.9 Å². The Morgan fingerprint density at radius 1 is 0.972 bits per heavy atom. The van der Waals surface area contributed by atoms with Crippen LogP contribution < -0.4 is 14.8 Å². The Morgan fingerprint density at radius 3 is 2.61 bits per heavy atom. The molecule has 0 aromatic heterocycles. The van der Waals surface area contributed by atoms with Gasteiger partial charge in [0.15, 0.2) is 5.78 Å². The molecule has 0 aliphatic carbocycles. The fourth-order valence-electron chi connectivity index (χ4n) is 3.82. The maximum Gasteiger partial charge on any atom is 0.185 e. The van der Waals surface area contributed by atoms with Crippen molar-refractivity contribution in [1.82, 2.24) is 0 Å². The number of methoxy groups -OCH3 is 1. The smallest absolute Gasteiger partial charge is 0.185 e. The molecule has 1 aliphatic heterocycles. The van der Waals surface area contributed by atoms with Gasteiger partial charge in [0, 0.05) is 25.4 Å². The molecule has 0 fully saturated rings. The minimum atomic E-state index is -0.0706. The van der Waals surface area contributed by atoms with Gasteiger partial charge < -0.3 is 14.8 Å². The van der Waals surface area contributed by atoms with E-state index in [0.29, 0.717) is 22.1 Å². The third-order valence-corrected chi connectivity index (χ3v) is 7.59. The van der Waals surface area contributed by atoms with Gasteiger partial charge in [0.2, 0.25) is 0 Å². The number of benzene rings is 4. The van der Waals surface area contributed by atoms with Gasteiger partial charge in [-0.1, -0.05) is 63.6 Å². The Labute approximate surface area is 227 Å². The van der Waals surface area contributed by atoms with Crippen LogP contribution in [-0.2, 0) is 6.61 Å². The average Bonchev–Trinajstić information content (AvgIpc) is 2.89. The van der Waals surface area contributed by atoms with E-state index in [1.165, 1.54) is 4.90 Å². The van der Waals surface area contributed by atoms with Gasteiger partial charge in [-0.2, -0.15) is 0 Å². The van der Waals surface area contributed by atoms with E-state index in [2.05, 4.69) is 27.3 Å². The molecule has 0 radical (unpaired) electrons. The minimum absolute atomic E-state index is 0.0706. The molecule has 0 bridgehead atoms. The third-order valence-electron chi connectivity index (χ3n) is 5.65. The number of hydrogen-bond acceptors (Lipinski definition) is 5. The normalized spacial score (nSPS) is 12.0. The summed E-state index contributed by atoms with van der Waals surface area (Å²) in [5, 5.41) is 3.95. The molecule has 36 heavy (non-hydrogen) atoms. The fraction of sp³-hybridized carbons (Fsp3) is 0.0690.